The van der Waals surface area contributed by atoms with Gasteiger partial charge in [-0.2, -0.15) is 0 Å². The van der Waals surface area contributed by atoms with Crippen molar-refractivity contribution in [2.45, 2.75) is 58.9 Å². The first kappa shape index (κ1) is 16.3. The molecule has 1 fully saturated rings. The molecule has 1 heterocycles. The second-order valence-electron chi connectivity index (χ2n) is 7.52. The van der Waals surface area contributed by atoms with Crippen molar-refractivity contribution in [3.63, 3.8) is 0 Å². The van der Waals surface area contributed by atoms with Crippen LogP contribution in [0.25, 0.3) is 0 Å². The zero-order valence-electron chi connectivity index (χ0n) is 14.0. The topological polar surface area (TPSA) is 46.3 Å². The van der Waals surface area contributed by atoms with Crippen LogP contribution in [0.1, 0.15) is 53.4 Å². The smallest absolute Gasteiger partial charge is 0.160 e. The molecule has 2 rings (SSSR count). The lowest BCUT2D eigenvalue weighted by atomic mass is 9.82. The average Bonchev–Trinajstić information content (AvgIpc) is 2.67. The molecule has 21 heavy (non-hydrogen) atoms. The first-order valence-electron chi connectivity index (χ1n) is 8.12. The Morgan fingerprint density at radius 3 is 2.67 bits per heavy atom. The highest BCUT2D eigenvalue weighted by atomic mass is 16.1. The first-order valence-corrected chi connectivity index (χ1v) is 8.12. The molecule has 0 aromatic rings. The molecule has 2 N–H and O–H groups in total. The summed E-state index contributed by atoms with van der Waals surface area (Å²) < 4.78 is 0. The summed E-state index contributed by atoms with van der Waals surface area (Å²) in [7, 11) is 0. The molecular formula is C18H30N2O. The molecule has 2 atom stereocenters. The third kappa shape index (κ3) is 3.23. The quantitative estimate of drug-likeness (QED) is 0.808. The van der Waals surface area contributed by atoms with Gasteiger partial charge < -0.3 is 10.6 Å². The SMILES string of the molecule is C=C(C)C1CC(=O)C(C)=C(N2CC(CCN)CC2(C)C)C1. The maximum atomic E-state index is 12.3. The molecule has 1 saturated heterocycles. The van der Waals surface area contributed by atoms with E-state index < -0.39 is 0 Å². The van der Waals surface area contributed by atoms with Crippen LogP contribution in [0.15, 0.2) is 23.4 Å². The van der Waals surface area contributed by atoms with Crippen molar-refractivity contribution in [3.05, 3.63) is 23.4 Å². The summed E-state index contributed by atoms with van der Waals surface area (Å²) in [6.07, 6.45) is 3.83. The summed E-state index contributed by atoms with van der Waals surface area (Å²) in [6.45, 7) is 14.5. The third-order valence-corrected chi connectivity index (χ3v) is 5.28. The molecule has 0 spiro atoms. The zero-order valence-corrected chi connectivity index (χ0v) is 14.0. The molecule has 1 aliphatic carbocycles. The van der Waals surface area contributed by atoms with Gasteiger partial charge in [-0.25, -0.2) is 0 Å². The molecule has 2 aliphatic rings. The van der Waals surface area contributed by atoms with Crippen LogP contribution in [0.4, 0.5) is 0 Å². The van der Waals surface area contributed by atoms with Gasteiger partial charge in [0.1, 0.15) is 0 Å². The van der Waals surface area contributed by atoms with Crippen molar-refractivity contribution in [1.29, 1.82) is 0 Å². The van der Waals surface area contributed by atoms with E-state index in [4.69, 9.17) is 5.73 Å². The van der Waals surface area contributed by atoms with Gasteiger partial charge in [-0.15, -0.1) is 0 Å². The van der Waals surface area contributed by atoms with Gasteiger partial charge in [0.25, 0.3) is 0 Å². The third-order valence-electron chi connectivity index (χ3n) is 5.28. The minimum absolute atomic E-state index is 0.119. The second kappa shape index (κ2) is 5.96. The Bertz CT molecular complexity index is 476. The van der Waals surface area contributed by atoms with Crippen LogP contribution in [0.3, 0.4) is 0 Å². The number of ketones is 1. The molecule has 2 unspecified atom stereocenters. The van der Waals surface area contributed by atoms with E-state index >= 15 is 0 Å². The number of rotatable bonds is 4. The molecule has 3 nitrogen and oxygen atoms in total. The highest BCUT2D eigenvalue weighted by Gasteiger charge is 2.41. The second-order valence-corrected chi connectivity index (χ2v) is 7.52. The van der Waals surface area contributed by atoms with Gasteiger partial charge in [0.15, 0.2) is 5.78 Å². The molecule has 118 valence electrons. The summed E-state index contributed by atoms with van der Waals surface area (Å²) in [6, 6.07) is 0. The fourth-order valence-electron chi connectivity index (χ4n) is 3.95. The van der Waals surface area contributed by atoms with E-state index in [1.165, 1.54) is 5.70 Å². The lowest BCUT2D eigenvalue weighted by Gasteiger charge is -2.40. The molecule has 0 bridgehead atoms. The lowest BCUT2D eigenvalue weighted by Crippen LogP contribution is -2.40. The zero-order chi connectivity index (χ0) is 15.8. The number of Topliss-reactive ketones (excluding diaryl/α,β-unsaturated/α-hetero) is 1. The maximum absolute atomic E-state index is 12.3. The van der Waals surface area contributed by atoms with E-state index in [0.717, 1.165) is 43.5 Å². The molecular weight excluding hydrogens is 260 g/mol. The molecule has 0 aromatic carbocycles. The Kier molecular flexibility index (Phi) is 4.62. The van der Waals surface area contributed by atoms with Gasteiger partial charge >= 0.3 is 0 Å². The largest absolute Gasteiger partial charge is 0.369 e. The molecule has 0 aromatic heterocycles. The van der Waals surface area contributed by atoms with Crippen LogP contribution in [-0.4, -0.2) is 29.3 Å². The Morgan fingerprint density at radius 1 is 1.43 bits per heavy atom. The van der Waals surface area contributed by atoms with Gasteiger partial charge in [0.05, 0.1) is 0 Å². The van der Waals surface area contributed by atoms with Crippen molar-refractivity contribution in [2.24, 2.45) is 17.6 Å². The fourth-order valence-corrected chi connectivity index (χ4v) is 3.95. The summed E-state index contributed by atoms with van der Waals surface area (Å²) >= 11 is 0. The standard InChI is InChI=1S/C18H30N2O/c1-12(2)15-8-16(13(3)17(21)9-15)20-11-14(6-7-19)10-18(20,4)5/h14-15H,1,6-11,19H2,2-5H3. The summed E-state index contributed by atoms with van der Waals surface area (Å²) in [5.41, 5.74) is 9.20. The number of hydrogen-bond donors (Lipinski definition) is 1. The minimum Gasteiger partial charge on any atom is -0.369 e. The van der Waals surface area contributed by atoms with Crippen molar-refractivity contribution >= 4 is 5.78 Å². The monoisotopic (exact) mass is 290 g/mol. The molecule has 1 aliphatic heterocycles. The summed E-state index contributed by atoms with van der Waals surface area (Å²) in [5, 5.41) is 0. The van der Waals surface area contributed by atoms with E-state index in [2.05, 4.69) is 25.3 Å². The molecule has 3 heteroatoms. The van der Waals surface area contributed by atoms with Crippen molar-refractivity contribution in [1.82, 2.24) is 4.90 Å². The predicted octanol–water partition coefficient (Wildman–Crippen LogP) is 3.26. The number of nitrogens with two attached hydrogens (primary N) is 1. The van der Waals surface area contributed by atoms with E-state index in [0.29, 0.717) is 24.0 Å². The van der Waals surface area contributed by atoms with Gasteiger partial charge in [-0.05, 0) is 65.3 Å². The number of carbonyl (C=O) groups excluding carboxylic acids is 1. The Morgan fingerprint density at radius 2 is 2.10 bits per heavy atom. The highest BCUT2D eigenvalue weighted by molar-refractivity contribution is 5.96. The van der Waals surface area contributed by atoms with Crippen LogP contribution in [0, 0.1) is 11.8 Å². The van der Waals surface area contributed by atoms with Crippen molar-refractivity contribution in [3.8, 4) is 0 Å². The first-order chi connectivity index (χ1) is 9.76. The maximum Gasteiger partial charge on any atom is 0.160 e. The van der Waals surface area contributed by atoms with Gasteiger partial charge in [0.2, 0.25) is 0 Å². The van der Waals surface area contributed by atoms with E-state index in [1.807, 2.05) is 13.8 Å². The fraction of sp³-hybridized carbons (Fsp3) is 0.722. The van der Waals surface area contributed by atoms with Gasteiger partial charge in [-0.3, -0.25) is 4.79 Å². The van der Waals surface area contributed by atoms with Crippen LogP contribution in [0.5, 0.6) is 0 Å². The number of hydrogen-bond acceptors (Lipinski definition) is 3. The van der Waals surface area contributed by atoms with Crippen molar-refractivity contribution < 1.29 is 4.79 Å². The van der Waals surface area contributed by atoms with Crippen molar-refractivity contribution in [2.75, 3.05) is 13.1 Å². The molecule has 0 amide bonds. The molecule has 0 radical (unpaired) electrons. The Hall–Kier alpha value is -1.09. The number of allylic oxidation sites excluding steroid dienone is 3. The summed E-state index contributed by atoms with van der Waals surface area (Å²) in [5.74, 6) is 1.24. The van der Waals surface area contributed by atoms with Crippen LogP contribution >= 0.6 is 0 Å². The predicted molar refractivity (Wildman–Crippen MR) is 87.8 cm³/mol. The lowest BCUT2D eigenvalue weighted by molar-refractivity contribution is -0.116. The normalized spacial score (nSPS) is 29.2. The van der Waals surface area contributed by atoms with Gasteiger partial charge in [-0.1, -0.05) is 12.2 Å². The number of carbonyl (C=O) groups is 1. The Balaban J connectivity index is 2.28. The Labute approximate surface area is 129 Å². The van der Waals surface area contributed by atoms with E-state index in [1.54, 1.807) is 0 Å². The summed E-state index contributed by atoms with van der Waals surface area (Å²) in [4.78, 5) is 14.8. The molecule has 0 saturated carbocycles. The van der Waals surface area contributed by atoms with E-state index in [-0.39, 0.29) is 5.54 Å². The van der Waals surface area contributed by atoms with Crippen LogP contribution in [0.2, 0.25) is 0 Å². The highest BCUT2D eigenvalue weighted by Crippen LogP contribution is 2.42. The van der Waals surface area contributed by atoms with Crippen LogP contribution < -0.4 is 5.73 Å². The van der Waals surface area contributed by atoms with E-state index in [9.17, 15) is 4.79 Å². The number of nitrogens with zero attached hydrogens (tertiary/aromatic N) is 1. The minimum atomic E-state index is 0.119. The average molecular weight is 290 g/mol. The van der Waals surface area contributed by atoms with Gasteiger partial charge in [0, 0.05) is 29.8 Å². The van der Waals surface area contributed by atoms with Crippen LogP contribution in [-0.2, 0) is 4.79 Å². The number of likely N-dealkylation sites (tertiary alicyclic amines) is 1.